The van der Waals surface area contributed by atoms with Crippen molar-refractivity contribution in [2.45, 2.75) is 52.6 Å². The Morgan fingerprint density at radius 1 is 0.465 bits per heavy atom. The molecule has 0 N–H and O–H groups in total. The van der Waals surface area contributed by atoms with Crippen LogP contribution in [-0.2, 0) is 11.1 Å². The molecule has 5 nitrogen and oxygen atoms in total. The van der Waals surface area contributed by atoms with Gasteiger partial charge in [-0.3, -0.25) is 0 Å². The van der Waals surface area contributed by atoms with Crippen LogP contribution in [0.1, 0.15) is 58.4 Å². The van der Waals surface area contributed by atoms with E-state index >= 15 is 0 Å². The lowest BCUT2D eigenvalue weighted by atomic mass is 9.70. The zero-order valence-electron chi connectivity index (χ0n) is 40.5. The molecule has 5 heteroatoms. The van der Waals surface area contributed by atoms with Gasteiger partial charge in [0.15, 0.2) is 17.1 Å². The number of benzene rings is 8. The predicted molar refractivity (Wildman–Crippen MR) is 286 cm³/mol. The summed E-state index contributed by atoms with van der Waals surface area (Å²) in [5.41, 5.74) is 27.1. The van der Waals surface area contributed by atoms with Crippen LogP contribution in [0.2, 0.25) is 0 Å². The molecular weight excluding hydrogens is 865 g/mol. The largest absolute Gasteiger partial charge is 0.456 e. The number of rotatable bonds is 4. The molecule has 0 radical (unpaired) electrons. The van der Waals surface area contributed by atoms with Crippen molar-refractivity contribution in [3.05, 3.63) is 226 Å². The van der Waals surface area contributed by atoms with Crippen molar-refractivity contribution in [1.29, 1.82) is 0 Å². The summed E-state index contributed by atoms with van der Waals surface area (Å²) in [4.78, 5) is 2.60. The van der Waals surface area contributed by atoms with Crippen LogP contribution in [0.3, 0.4) is 0 Å². The number of aryl methyl sites for hydroxylation is 4. The predicted octanol–water partition coefficient (Wildman–Crippen LogP) is 15.4. The van der Waals surface area contributed by atoms with E-state index < -0.39 is 5.66 Å². The summed E-state index contributed by atoms with van der Waals surface area (Å²) in [5.74, 6) is 2.93. The van der Waals surface area contributed by atoms with Crippen LogP contribution < -0.4 is 18.8 Å². The molecule has 0 aliphatic carbocycles. The lowest BCUT2D eigenvalue weighted by Crippen LogP contribution is -2.75. The molecule has 8 heterocycles. The molecule has 1 spiro atoms. The van der Waals surface area contributed by atoms with E-state index in [0.29, 0.717) is 0 Å². The average Bonchev–Trinajstić information content (AvgIpc) is 3.92. The standard InChI is InChI=1S/C66H48N4O/c1-37-30-43(41-18-9-7-10-19-41)31-38(2)58(37)45-34-53-54-36-47(59-39(3)32-44(33-40(59)4)42-20-11-8-12-21-42)60-46-22-13-15-24-50(46)67-52-26-17-27-55-61(52)66(70(54)64(60)67)62-56(71-55)29-28-49-63(62)68(57(35-45)69(53)66)51-25-16-14-23-48(51)65(49,5)6/h7-36H,1-6H3/q+2. The van der Waals surface area contributed by atoms with Gasteiger partial charge >= 0.3 is 11.3 Å². The number of fused-ring (bicyclic) bond motifs is 8. The highest BCUT2D eigenvalue weighted by Crippen LogP contribution is 2.65. The molecule has 1 unspecified atom stereocenters. The number of para-hydroxylation sites is 2. The summed E-state index contributed by atoms with van der Waals surface area (Å²) < 4.78 is 15.3. The van der Waals surface area contributed by atoms with Crippen LogP contribution in [0.4, 0.5) is 17.2 Å². The van der Waals surface area contributed by atoms with E-state index in [1.807, 2.05) is 0 Å². The fourth-order valence-corrected chi connectivity index (χ4v) is 14.2. The highest BCUT2D eigenvalue weighted by Gasteiger charge is 2.71. The molecule has 0 saturated carbocycles. The first-order valence-corrected chi connectivity index (χ1v) is 25.0. The van der Waals surface area contributed by atoms with Gasteiger partial charge in [0.1, 0.15) is 39.5 Å². The fraction of sp³-hybridized carbons (Fsp3) is 0.121. The minimum absolute atomic E-state index is 0.299. The van der Waals surface area contributed by atoms with Gasteiger partial charge in [-0.2, -0.15) is 18.6 Å². The Morgan fingerprint density at radius 2 is 1.07 bits per heavy atom. The summed E-state index contributed by atoms with van der Waals surface area (Å²) in [5, 5.41) is 2.50. The van der Waals surface area contributed by atoms with Crippen molar-refractivity contribution in [2.75, 3.05) is 4.90 Å². The SMILES string of the molecule is Cc1cc(-c2ccccc2)cc(C)c1-c1cc2[n+]3c(c1)N1c4ccccc4C(C)(C)c4ccc5c(c41)C31c3c(cccc3-n3c4ccccc4c4c(-c6c(C)cc(-c7ccccc7)cc6C)cc-2[n+]1c43)O5. The molecular formula is C66H48N4O+2. The number of nitrogens with zero attached hydrogens (tertiary/aromatic N) is 4. The van der Waals surface area contributed by atoms with E-state index in [1.165, 1.54) is 134 Å². The van der Waals surface area contributed by atoms with Gasteiger partial charge in [-0.15, -0.1) is 0 Å². The first-order chi connectivity index (χ1) is 34.6. The fourth-order valence-electron chi connectivity index (χ4n) is 14.2. The number of pyridine rings is 2. The third-order valence-corrected chi connectivity index (χ3v) is 16.9. The highest BCUT2D eigenvalue weighted by atomic mass is 16.5. The molecule has 0 fully saturated rings. The normalized spacial score (nSPS) is 16.3. The minimum Gasteiger partial charge on any atom is -0.456 e. The van der Waals surface area contributed by atoms with E-state index in [1.54, 1.807) is 0 Å². The number of anilines is 3. The third kappa shape index (κ3) is 4.64. The van der Waals surface area contributed by atoms with Gasteiger partial charge in [0.2, 0.25) is 0 Å². The molecule has 336 valence electrons. The van der Waals surface area contributed by atoms with Crippen molar-refractivity contribution in [3.63, 3.8) is 0 Å². The first-order valence-electron chi connectivity index (χ1n) is 25.0. The number of aromatic nitrogens is 3. The smallest absolute Gasteiger partial charge is 0.323 e. The van der Waals surface area contributed by atoms with Gasteiger partial charge in [-0.05, 0) is 137 Å². The number of ether oxygens (including phenoxy) is 1. The molecule has 5 aliphatic heterocycles. The molecule has 16 rings (SSSR count). The molecule has 1 atom stereocenters. The lowest BCUT2D eigenvalue weighted by Gasteiger charge is -2.46. The van der Waals surface area contributed by atoms with Gasteiger partial charge in [-0.1, -0.05) is 141 Å². The molecule has 0 amide bonds. The Morgan fingerprint density at radius 3 is 1.79 bits per heavy atom. The summed E-state index contributed by atoms with van der Waals surface area (Å²) >= 11 is 0. The Kier molecular flexibility index (Phi) is 7.31. The van der Waals surface area contributed by atoms with Crippen LogP contribution in [0.25, 0.3) is 83.5 Å². The highest BCUT2D eigenvalue weighted by molar-refractivity contribution is 6.15. The molecule has 3 aromatic heterocycles. The van der Waals surface area contributed by atoms with Crippen LogP contribution in [0.15, 0.2) is 182 Å². The van der Waals surface area contributed by atoms with E-state index in [2.05, 4.69) is 242 Å². The van der Waals surface area contributed by atoms with Crippen molar-refractivity contribution in [1.82, 2.24) is 4.57 Å². The molecule has 8 aromatic carbocycles. The number of hydrogen-bond acceptors (Lipinski definition) is 2. The van der Waals surface area contributed by atoms with Gasteiger partial charge < -0.3 is 4.74 Å². The molecule has 11 aromatic rings. The average molecular weight is 913 g/mol. The maximum atomic E-state index is 7.30. The van der Waals surface area contributed by atoms with Crippen LogP contribution in [0.5, 0.6) is 11.5 Å². The molecule has 5 aliphatic rings. The van der Waals surface area contributed by atoms with Crippen molar-refractivity contribution in [3.8, 4) is 73.1 Å². The number of hydrogen-bond donors (Lipinski definition) is 0. The molecule has 0 saturated heterocycles. The molecule has 0 bridgehead atoms. The first kappa shape index (κ1) is 39.3. The zero-order valence-corrected chi connectivity index (χ0v) is 40.5. The maximum Gasteiger partial charge on any atom is 0.323 e. The van der Waals surface area contributed by atoms with Crippen molar-refractivity contribution < 1.29 is 13.9 Å². The van der Waals surface area contributed by atoms with Crippen LogP contribution in [0, 0.1) is 27.7 Å². The van der Waals surface area contributed by atoms with Crippen molar-refractivity contribution in [2.24, 2.45) is 0 Å². The van der Waals surface area contributed by atoms with Gasteiger partial charge in [0, 0.05) is 33.6 Å². The van der Waals surface area contributed by atoms with Gasteiger partial charge in [0.25, 0.3) is 5.82 Å². The summed E-state index contributed by atoms with van der Waals surface area (Å²) in [6.45, 7) is 14.0. The van der Waals surface area contributed by atoms with Gasteiger partial charge in [0.05, 0.1) is 5.39 Å². The van der Waals surface area contributed by atoms with E-state index in [4.69, 9.17) is 4.74 Å². The van der Waals surface area contributed by atoms with Gasteiger partial charge in [-0.25, -0.2) is 0 Å². The summed E-state index contributed by atoms with van der Waals surface area (Å²) in [7, 11) is 0. The lowest BCUT2D eigenvalue weighted by molar-refractivity contribution is -0.925. The minimum atomic E-state index is -0.827. The monoisotopic (exact) mass is 912 g/mol. The Hall–Kier alpha value is -8.54. The van der Waals surface area contributed by atoms with E-state index in [9.17, 15) is 0 Å². The summed E-state index contributed by atoms with van der Waals surface area (Å²) in [6.07, 6.45) is 0. The second-order valence-corrected chi connectivity index (χ2v) is 21.1. The maximum absolute atomic E-state index is 7.30. The van der Waals surface area contributed by atoms with E-state index in [0.717, 1.165) is 23.0 Å². The quantitative estimate of drug-likeness (QED) is 0.164. The Balaban J connectivity index is 1.11. The molecule has 71 heavy (non-hydrogen) atoms. The Labute approximate surface area is 412 Å². The van der Waals surface area contributed by atoms with Crippen LogP contribution >= 0.6 is 0 Å². The third-order valence-electron chi connectivity index (χ3n) is 16.9. The second-order valence-electron chi connectivity index (χ2n) is 21.1. The van der Waals surface area contributed by atoms with Crippen molar-refractivity contribution >= 4 is 39.1 Å². The Bertz CT molecular complexity index is 4230. The summed E-state index contributed by atoms with van der Waals surface area (Å²) in [6, 6.07) is 68.2. The zero-order chi connectivity index (χ0) is 47.4. The second kappa shape index (κ2) is 13.2. The topological polar surface area (TPSA) is 25.2 Å². The van der Waals surface area contributed by atoms with Crippen LogP contribution in [-0.4, -0.2) is 4.57 Å². The van der Waals surface area contributed by atoms with E-state index in [-0.39, 0.29) is 5.41 Å².